The van der Waals surface area contributed by atoms with E-state index in [-0.39, 0.29) is 35.6 Å². The minimum absolute atomic E-state index is 0.00823. The lowest BCUT2D eigenvalue weighted by Crippen LogP contribution is -2.45. The lowest BCUT2D eigenvalue weighted by Gasteiger charge is -2.46. The minimum atomic E-state index is -0.294. The Bertz CT molecular complexity index is 1040. The van der Waals surface area contributed by atoms with Gasteiger partial charge >= 0.3 is 0 Å². The normalized spacial score (nSPS) is 24.3. The quantitative estimate of drug-likeness (QED) is 0.479. The summed E-state index contributed by atoms with van der Waals surface area (Å²) in [5.41, 5.74) is 1.81. The van der Waals surface area contributed by atoms with E-state index in [0.29, 0.717) is 16.9 Å². The zero-order valence-corrected chi connectivity index (χ0v) is 20.0. The Labute approximate surface area is 196 Å². The summed E-state index contributed by atoms with van der Waals surface area (Å²) in [5.74, 6) is 1.46. The maximum absolute atomic E-state index is 13.3. The van der Waals surface area contributed by atoms with Gasteiger partial charge in [0.2, 0.25) is 0 Å². The number of nitriles is 1. The smallest absolute Gasteiger partial charge is 0.165 e. The fourth-order valence-electron chi connectivity index (χ4n) is 5.09. The number of nitrogens with zero attached hydrogens (tertiary/aromatic N) is 1. The molecule has 1 unspecified atom stereocenters. The molecule has 1 fully saturated rings. The van der Waals surface area contributed by atoms with Crippen molar-refractivity contribution in [2.45, 2.75) is 83.7 Å². The molecule has 1 spiro atoms. The number of carbonyl (C=O) groups excluding carboxylic acids is 1. The zero-order valence-electron chi connectivity index (χ0n) is 20.0. The molecule has 4 rings (SSSR count). The molecule has 33 heavy (non-hydrogen) atoms. The van der Waals surface area contributed by atoms with Gasteiger partial charge in [0.1, 0.15) is 23.2 Å². The Hall–Kier alpha value is -2.84. The number of ether oxygens (including phenoxy) is 3. The van der Waals surface area contributed by atoms with Crippen molar-refractivity contribution < 1.29 is 19.0 Å². The molecule has 5 heteroatoms. The van der Waals surface area contributed by atoms with Crippen molar-refractivity contribution in [3.63, 3.8) is 0 Å². The van der Waals surface area contributed by atoms with Gasteiger partial charge in [-0.25, -0.2) is 0 Å². The molecule has 2 aromatic rings. The highest BCUT2D eigenvalue weighted by Crippen LogP contribution is 2.49. The standard InChI is InChI=1S/C28H33NO4/c1-18(2)31-24-10-9-21(15-22(24)17-29)27(30)20-11-13-28(14-12-20)16-26(32-19(3)4)23-7-5-6-8-25(23)33-28/h5-10,15,18-20,26H,11-14,16H2,1-4H3. The van der Waals surface area contributed by atoms with Crippen LogP contribution in [0.5, 0.6) is 11.5 Å². The maximum Gasteiger partial charge on any atom is 0.165 e. The summed E-state index contributed by atoms with van der Waals surface area (Å²) >= 11 is 0. The summed E-state index contributed by atoms with van der Waals surface area (Å²) < 4.78 is 18.5. The van der Waals surface area contributed by atoms with E-state index in [1.54, 1.807) is 18.2 Å². The van der Waals surface area contributed by atoms with Crippen LogP contribution in [0.25, 0.3) is 0 Å². The molecule has 0 N–H and O–H groups in total. The summed E-state index contributed by atoms with van der Waals surface area (Å²) in [6.45, 7) is 7.96. The monoisotopic (exact) mass is 447 g/mol. The topological polar surface area (TPSA) is 68.6 Å². The number of para-hydroxylation sites is 1. The average Bonchev–Trinajstić information content (AvgIpc) is 2.78. The number of hydrogen-bond acceptors (Lipinski definition) is 5. The number of rotatable bonds is 6. The van der Waals surface area contributed by atoms with Crippen LogP contribution in [0.4, 0.5) is 0 Å². The Balaban J connectivity index is 1.47. The van der Waals surface area contributed by atoms with Crippen LogP contribution in [-0.4, -0.2) is 23.6 Å². The minimum Gasteiger partial charge on any atom is -0.490 e. The Morgan fingerprint density at radius 1 is 1.09 bits per heavy atom. The van der Waals surface area contributed by atoms with Gasteiger partial charge in [-0.2, -0.15) is 5.26 Å². The van der Waals surface area contributed by atoms with Gasteiger partial charge in [0.25, 0.3) is 0 Å². The first kappa shape index (κ1) is 23.3. The number of fused-ring (bicyclic) bond motifs is 1. The third kappa shape index (κ3) is 5.07. The Kier molecular flexibility index (Phi) is 6.76. The summed E-state index contributed by atoms with van der Waals surface area (Å²) in [6, 6.07) is 15.5. The molecule has 1 aliphatic heterocycles. The predicted octanol–water partition coefficient (Wildman–Crippen LogP) is 6.41. The number of hydrogen-bond donors (Lipinski definition) is 0. The van der Waals surface area contributed by atoms with E-state index in [9.17, 15) is 10.1 Å². The second-order valence-electron chi connectivity index (χ2n) is 9.83. The molecule has 0 saturated heterocycles. The van der Waals surface area contributed by atoms with Gasteiger partial charge < -0.3 is 14.2 Å². The first-order valence-corrected chi connectivity index (χ1v) is 12.0. The lowest BCUT2D eigenvalue weighted by atomic mass is 9.72. The third-order valence-electron chi connectivity index (χ3n) is 6.60. The molecule has 1 heterocycles. The van der Waals surface area contributed by atoms with Crippen LogP contribution in [0.15, 0.2) is 42.5 Å². The number of carbonyl (C=O) groups is 1. The first-order chi connectivity index (χ1) is 15.8. The van der Waals surface area contributed by atoms with Crippen LogP contribution in [0.3, 0.4) is 0 Å². The fraction of sp³-hybridized carbons (Fsp3) is 0.500. The first-order valence-electron chi connectivity index (χ1n) is 12.0. The Morgan fingerprint density at radius 2 is 1.82 bits per heavy atom. The highest BCUT2D eigenvalue weighted by atomic mass is 16.5. The summed E-state index contributed by atoms with van der Waals surface area (Å²) in [6.07, 6.45) is 4.08. The van der Waals surface area contributed by atoms with Gasteiger partial charge in [0.05, 0.1) is 23.9 Å². The summed E-state index contributed by atoms with van der Waals surface area (Å²) in [5, 5.41) is 9.51. The second-order valence-corrected chi connectivity index (χ2v) is 9.83. The van der Waals surface area contributed by atoms with Gasteiger partial charge in [-0.05, 0) is 77.6 Å². The summed E-state index contributed by atoms with van der Waals surface area (Å²) in [7, 11) is 0. The van der Waals surface area contributed by atoms with Gasteiger partial charge in [-0.15, -0.1) is 0 Å². The highest BCUT2D eigenvalue weighted by Gasteiger charge is 2.45. The van der Waals surface area contributed by atoms with E-state index >= 15 is 0 Å². The van der Waals surface area contributed by atoms with Crippen molar-refractivity contribution in [2.75, 3.05) is 0 Å². The molecule has 2 aliphatic rings. The lowest BCUT2D eigenvalue weighted by molar-refractivity contribution is -0.0849. The molecule has 174 valence electrons. The van der Waals surface area contributed by atoms with Gasteiger partial charge in [0, 0.05) is 23.5 Å². The molecular formula is C28H33NO4. The van der Waals surface area contributed by atoms with E-state index in [0.717, 1.165) is 43.4 Å². The van der Waals surface area contributed by atoms with E-state index in [4.69, 9.17) is 14.2 Å². The zero-order chi connectivity index (χ0) is 23.6. The number of ketones is 1. The van der Waals surface area contributed by atoms with Crippen LogP contribution in [0.1, 0.15) is 87.4 Å². The van der Waals surface area contributed by atoms with Gasteiger partial charge in [-0.1, -0.05) is 18.2 Å². The fourth-order valence-corrected chi connectivity index (χ4v) is 5.09. The Morgan fingerprint density at radius 3 is 2.48 bits per heavy atom. The third-order valence-corrected chi connectivity index (χ3v) is 6.60. The van der Waals surface area contributed by atoms with Crippen molar-refractivity contribution in [3.05, 3.63) is 59.2 Å². The molecule has 5 nitrogen and oxygen atoms in total. The van der Waals surface area contributed by atoms with Crippen molar-refractivity contribution in [2.24, 2.45) is 5.92 Å². The number of benzene rings is 2. The largest absolute Gasteiger partial charge is 0.490 e. The van der Waals surface area contributed by atoms with Crippen molar-refractivity contribution in [1.29, 1.82) is 5.26 Å². The van der Waals surface area contributed by atoms with Crippen molar-refractivity contribution >= 4 is 5.78 Å². The molecule has 2 aromatic carbocycles. The predicted molar refractivity (Wildman–Crippen MR) is 127 cm³/mol. The molecular weight excluding hydrogens is 414 g/mol. The van der Waals surface area contributed by atoms with E-state index < -0.39 is 0 Å². The average molecular weight is 448 g/mol. The maximum atomic E-state index is 13.3. The van der Waals surface area contributed by atoms with Gasteiger partial charge in [0.15, 0.2) is 5.78 Å². The van der Waals surface area contributed by atoms with Crippen molar-refractivity contribution in [1.82, 2.24) is 0 Å². The molecule has 0 aromatic heterocycles. The molecule has 0 bridgehead atoms. The van der Waals surface area contributed by atoms with Crippen LogP contribution >= 0.6 is 0 Å². The van der Waals surface area contributed by atoms with Crippen LogP contribution < -0.4 is 9.47 Å². The van der Waals surface area contributed by atoms with Crippen LogP contribution in [-0.2, 0) is 4.74 Å². The van der Waals surface area contributed by atoms with Gasteiger partial charge in [-0.3, -0.25) is 4.79 Å². The van der Waals surface area contributed by atoms with Crippen LogP contribution in [0.2, 0.25) is 0 Å². The van der Waals surface area contributed by atoms with Crippen molar-refractivity contribution in [3.8, 4) is 17.6 Å². The molecule has 0 amide bonds. The molecule has 1 aliphatic carbocycles. The number of Topliss-reactive ketones (excluding diaryl/α,β-unsaturated/α-hetero) is 1. The second kappa shape index (κ2) is 9.57. The SMILES string of the molecule is CC(C)Oc1ccc(C(=O)C2CCC3(CC2)CC(OC(C)C)c2ccccc2O3)cc1C#N. The van der Waals surface area contributed by atoms with E-state index in [2.05, 4.69) is 26.0 Å². The van der Waals surface area contributed by atoms with E-state index in [1.807, 2.05) is 32.0 Å². The van der Waals surface area contributed by atoms with Crippen LogP contribution in [0, 0.1) is 17.2 Å². The molecule has 1 atom stereocenters. The highest BCUT2D eigenvalue weighted by molar-refractivity contribution is 5.98. The molecule has 1 saturated carbocycles. The molecule has 0 radical (unpaired) electrons. The van der Waals surface area contributed by atoms with E-state index in [1.165, 1.54) is 0 Å². The summed E-state index contributed by atoms with van der Waals surface area (Å²) in [4.78, 5) is 13.3.